The molecule has 0 fully saturated rings. The summed E-state index contributed by atoms with van der Waals surface area (Å²) in [5.74, 6) is 1.56. The van der Waals surface area contributed by atoms with Gasteiger partial charge in [-0.2, -0.15) is 0 Å². The van der Waals surface area contributed by atoms with Crippen LogP contribution in [-0.2, 0) is 6.42 Å². The molecule has 1 rings (SSSR count). The summed E-state index contributed by atoms with van der Waals surface area (Å²) in [6.45, 7) is 9.36. The van der Waals surface area contributed by atoms with E-state index in [1.54, 1.807) is 6.26 Å². The molecule has 0 saturated carbocycles. The number of aliphatic hydroxyl groups is 1. The fraction of sp³-hybridized carbons (Fsp3) is 0.765. The van der Waals surface area contributed by atoms with Gasteiger partial charge in [0, 0.05) is 24.5 Å². The summed E-state index contributed by atoms with van der Waals surface area (Å²) in [5, 5.41) is 13.6. The second kappa shape index (κ2) is 8.57. The summed E-state index contributed by atoms with van der Waals surface area (Å²) in [7, 11) is 0. The maximum absolute atomic E-state index is 10.2. The van der Waals surface area contributed by atoms with Crippen LogP contribution in [-0.4, -0.2) is 29.3 Å². The molecule has 4 N–H and O–H groups in total. The van der Waals surface area contributed by atoms with Crippen LogP contribution < -0.4 is 11.1 Å². The summed E-state index contributed by atoms with van der Waals surface area (Å²) in [5.41, 5.74) is 6.06. The van der Waals surface area contributed by atoms with Crippen LogP contribution in [0.1, 0.15) is 52.7 Å². The van der Waals surface area contributed by atoms with Crippen molar-refractivity contribution in [3.05, 3.63) is 24.2 Å². The van der Waals surface area contributed by atoms with Crippen LogP contribution >= 0.6 is 0 Å². The molecule has 4 nitrogen and oxygen atoms in total. The standard InChI is InChI=1S/C17H32N2O2/c1-13(2)7-5-9-17(3,4)19-12-16(20)15(18)11-14-8-6-10-21-14/h6,8,10,13,15-16,19-20H,5,7,9,11-12,18H2,1-4H3/t15-,16+/m0/s1. The minimum Gasteiger partial charge on any atom is -0.469 e. The third-order valence-electron chi connectivity index (χ3n) is 3.88. The van der Waals surface area contributed by atoms with Gasteiger partial charge in [0.15, 0.2) is 0 Å². The monoisotopic (exact) mass is 296 g/mol. The molecule has 1 heterocycles. The van der Waals surface area contributed by atoms with E-state index >= 15 is 0 Å². The molecule has 0 bridgehead atoms. The van der Waals surface area contributed by atoms with E-state index in [4.69, 9.17) is 10.2 Å². The van der Waals surface area contributed by atoms with Gasteiger partial charge in [0.2, 0.25) is 0 Å². The molecule has 0 saturated heterocycles. The lowest BCUT2D eigenvalue weighted by molar-refractivity contribution is 0.127. The summed E-state index contributed by atoms with van der Waals surface area (Å²) in [4.78, 5) is 0. The van der Waals surface area contributed by atoms with Crippen molar-refractivity contribution in [2.24, 2.45) is 11.7 Å². The lowest BCUT2D eigenvalue weighted by Gasteiger charge is -2.29. The highest BCUT2D eigenvalue weighted by molar-refractivity contribution is 5.01. The lowest BCUT2D eigenvalue weighted by Crippen LogP contribution is -2.49. The van der Waals surface area contributed by atoms with Crippen LogP contribution in [0.15, 0.2) is 22.8 Å². The fourth-order valence-corrected chi connectivity index (χ4v) is 2.37. The Balaban J connectivity index is 2.28. The first-order valence-corrected chi connectivity index (χ1v) is 8.01. The molecule has 0 amide bonds. The molecule has 2 atom stereocenters. The molecule has 0 radical (unpaired) electrons. The number of nitrogens with two attached hydrogens (primary N) is 1. The van der Waals surface area contributed by atoms with Gasteiger partial charge in [-0.15, -0.1) is 0 Å². The number of hydrogen-bond acceptors (Lipinski definition) is 4. The van der Waals surface area contributed by atoms with Gasteiger partial charge in [-0.05, 0) is 38.3 Å². The molecule has 0 spiro atoms. The molecule has 21 heavy (non-hydrogen) atoms. The van der Waals surface area contributed by atoms with Crippen molar-refractivity contribution in [3.8, 4) is 0 Å². The molecule has 0 aliphatic rings. The molecule has 0 aliphatic carbocycles. The zero-order chi connectivity index (χ0) is 15.9. The second-order valence-electron chi connectivity index (χ2n) is 7.07. The van der Waals surface area contributed by atoms with Crippen molar-refractivity contribution in [1.29, 1.82) is 0 Å². The molecule has 0 unspecified atom stereocenters. The number of rotatable bonds is 10. The van der Waals surface area contributed by atoms with Gasteiger partial charge in [0.25, 0.3) is 0 Å². The van der Waals surface area contributed by atoms with E-state index in [2.05, 4.69) is 33.0 Å². The van der Waals surface area contributed by atoms with Gasteiger partial charge in [-0.3, -0.25) is 0 Å². The summed E-state index contributed by atoms with van der Waals surface area (Å²) in [6, 6.07) is 3.41. The van der Waals surface area contributed by atoms with Gasteiger partial charge in [0.05, 0.1) is 12.4 Å². The van der Waals surface area contributed by atoms with Crippen molar-refractivity contribution in [2.75, 3.05) is 6.54 Å². The van der Waals surface area contributed by atoms with Crippen LogP contribution in [0.3, 0.4) is 0 Å². The third-order valence-corrected chi connectivity index (χ3v) is 3.88. The second-order valence-corrected chi connectivity index (χ2v) is 7.07. The molecule has 0 aromatic carbocycles. The molecular weight excluding hydrogens is 264 g/mol. The van der Waals surface area contributed by atoms with Crippen LogP contribution in [0.2, 0.25) is 0 Å². The van der Waals surface area contributed by atoms with E-state index in [1.807, 2.05) is 12.1 Å². The molecule has 1 aromatic heterocycles. The molecular formula is C17H32N2O2. The summed E-state index contributed by atoms with van der Waals surface area (Å²) in [6.07, 6.45) is 5.16. The minimum atomic E-state index is -0.570. The Kier molecular flexibility index (Phi) is 7.43. The maximum Gasteiger partial charge on any atom is 0.105 e. The molecule has 4 heteroatoms. The van der Waals surface area contributed by atoms with Gasteiger partial charge in [-0.1, -0.05) is 26.7 Å². The van der Waals surface area contributed by atoms with E-state index in [9.17, 15) is 5.11 Å². The Morgan fingerprint density at radius 3 is 2.67 bits per heavy atom. The Labute approximate surface area is 129 Å². The van der Waals surface area contributed by atoms with E-state index in [0.717, 1.165) is 18.1 Å². The van der Waals surface area contributed by atoms with Crippen molar-refractivity contribution in [2.45, 2.75) is 71.1 Å². The molecule has 0 aliphatic heterocycles. The number of furan rings is 1. The number of nitrogens with one attached hydrogen (secondary N) is 1. The zero-order valence-electron chi connectivity index (χ0n) is 13.9. The number of aliphatic hydroxyl groups excluding tert-OH is 1. The van der Waals surface area contributed by atoms with Crippen LogP contribution in [0.5, 0.6) is 0 Å². The fourth-order valence-electron chi connectivity index (χ4n) is 2.37. The maximum atomic E-state index is 10.2. The normalized spacial score (nSPS) is 15.4. The quantitative estimate of drug-likeness (QED) is 0.621. The Morgan fingerprint density at radius 2 is 2.10 bits per heavy atom. The predicted octanol–water partition coefficient (Wildman–Crippen LogP) is 2.70. The van der Waals surface area contributed by atoms with Gasteiger partial charge < -0.3 is 20.6 Å². The van der Waals surface area contributed by atoms with Crippen molar-refractivity contribution in [1.82, 2.24) is 5.32 Å². The molecule has 122 valence electrons. The van der Waals surface area contributed by atoms with Gasteiger partial charge >= 0.3 is 0 Å². The summed E-state index contributed by atoms with van der Waals surface area (Å²) < 4.78 is 5.26. The highest BCUT2D eigenvalue weighted by atomic mass is 16.3. The SMILES string of the molecule is CC(C)CCCC(C)(C)NC[C@@H](O)[C@@H](N)Cc1ccco1. The van der Waals surface area contributed by atoms with Gasteiger partial charge in [0.1, 0.15) is 5.76 Å². The number of β-amino-alcohol motifs (C(OH)–C–C–N with tert-alkyl or cyclic N) is 1. The predicted molar refractivity (Wildman–Crippen MR) is 87.2 cm³/mol. The average Bonchev–Trinajstić information content (AvgIpc) is 2.88. The molecule has 1 aromatic rings. The first kappa shape index (κ1) is 18.2. The van der Waals surface area contributed by atoms with Crippen LogP contribution in [0.4, 0.5) is 0 Å². The highest BCUT2D eigenvalue weighted by Gasteiger charge is 2.21. The Hall–Kier alpha value is -0.840. The third kappa shape index (κ3) is 7.65. The lowest BCUT2D eigenvalue weighted by atomic mass is 9.94. The highest BCUT2D eigenvalue weighted by Crippen LogP contribution is 2.16. The Bertz CT molecular complexity index is 374. The van der Waals surface area contributed by atoms with E-state index in [1.165, 1.54) is 12.8 Å². The van der Waals surface area contributed by atoms with Crippen LogP contribution in [0, 0.1) is 5.92 Å². The minimum absolute atomic E-state index is 0.0280. The average molecular weight is 296 g/mol. The first-order valence-electron chi connectivity index (χ1n) is 8.01. The van der Waals surface area contributed by atoms with E-state index < -0.39 is 6.10 Å². The smallest absolute Gasteiger partial charge is 0.105 e. The van der Waals surface area contributed by atoms with E-state index in [-0.39, 0.29) is 11.6 Å². The van der Waals surface area contributed by atoms with Crippen LogP contribution in [0.25, 0.3) is 0 Å². The zero-order valence-corrected chi connectivity index (χ0v) is 13.9. The first-order chi connectivity index (χ1) is 9.80. The Morgan fingerprint density at radius 1 is 1.38 bits per heavy atom. The van der Waals surface area contributed by atoms with E-state index in [0.29, 0.717) is 13.0 Å². The van der Waals surface area contributed by atoms with Gasteiger partial charge in [-0.25, -0.2) is 0 Å². The number of hydrogen-bond donors (Lipinski definition) is 3. The topological polar surface area (TPSA) is 71.4 Å². The summed E-state index contributed by atoms with van der Waals surface area (Å²) >= 11 is 0. The largest absolute Gasteiger partial charge is 0.469 e. The van der Waals surface area contributed by atoms with Crippen molar-refractivity contribution >= 4 is 0 Å². The van der Waals surface area contributed by atoms with Crippen molar-refractivity contribution in [3.63, 3.8) is 0 Å². The van der Waals surface area contributed by atoms with Crippen molar-refractivity contribution < 1.29 is 9.52 Å².